The third kappa shape index (κ3) is 2.47. The number of likely N-dealkylation sites (N-methyl/N-ethyl adjacent to an activating group) is 1. The van der Waals surface area contributed by atoms with Crippen LogP contribution in [0.3, 0.4) is 0 Å². The predicted molar refractivity (Wildman–Crippen MR) is 78.6 cm³/mol. The molecule has 1 amide bonds. The van der Waals surface area contributed by atoms with Crippen LogP contribution in [0.25, 0.3) is 0 Å². The number of fused-ring (bicyclic) bond motifs is 1. The van der Waals surface area contributed by atoms with Gasteiger partial charge in [0.15, 0.2) is 0 Å². The molecule has 1 aromatic rings. The Labute approximate surface area is 128 Å². The lowest BCUT2D eigenvalue weighted by molar-refractivity contribution is -0.0869. The van der Waals surface area contributed by atoms with Gasteiger partial charge in [-0.3, -0.25) is 4.79 Å². The molecule has 2 aliphatic heterocycles. The van der Waals surface area contributed by atoms with Crippen molar-refractivity contribution in [1.29, 1.82) is 0 Å². The van der Waals surface area contributed by atoms with Crippen LogP contribution >= 0.6 is 11.5 Å². The number of likely N-dealkylation sites (tertiary alicyclic amines) is 1. The average Bonchev–Trinajstić information content (AvgIpc) is 3.23. The van der Waals surface area contributed by atoms with E-state index in [0.717, 1.165) is 42.9 Å². The molecular formula is C14H20N4O2S. The van der Waals surface area contributed by atoms with Crippen LogP contribution in [0.4, 0.5) is 0 Å². The van der Waals surface area contributed by atoms with Crippen molar-refractivity contribution in [2.24, 2.45) is 0 Å². The fourth-order valence-electron chi connectivity index (χ4n) is 3.38. The second-order valence-electron chi connectivity index (χ2n) is 6.29. The Morgan fingerprint density at radius 1 is 1.33 bits per heavy atom. The van der Waals surface area contributed by atoms with Crippen molar-refractivity contribution in [3.05, 3.63) is 10.6 Å². The van der Waals surface area contributed by atoms with E-state index in [-0.39, 0.29) is 18.1 Å². The molecule has 7 heteroatoms. The quantitative estimate of drug-likeness (QED) is 0.814. The highest BCUT2D eigenvalue weighted by Gasteiger charge is 2.41. The number of amides is 1. The van der Waals surface area contributed by atoms with Crippen LogP contribution in [0.1, 0.15) is 40.5 Å². The molecule has 1 aromatic heterocycles. The molecule has 2 atom stereocenters. The summed E-state index contributed by atoms with van der Waals surface area (Å²) in [7, 11) is 2.11. The number of hydrogen-bond acceptors (Lipinski definition) is 6. The zero-order valence-corrected chi connectivity index (χ0v) is 13.0. The van der Waals surface area contributed by atoms with Crippen LogP contribution in [-0.2, 0) is 4.74 Å². The van der Waals surface area contributed by atoms with E-state index in [1.54, 1.807) is 0 Å². The van der Waals surface area contributed by atoms with Gasteiger partial charge >= 0.3 is 0 Å². The van der Waals surface area contributed by atoms with E-state index in [4.69, 9.17) is 4.74 Å². The minimum Gasteiger partial charge on any atom is -0.374 e. The van der Waals surface area contributed by atoms with Gasteiger partial charge in [0.2, 0.25) is 0 Å². The molecule has 1 saturated carbocycles. The van der Waals surface area contributed by atoms with E-state index in [0.29, 0.717) is 19.1 Å². The first-order valence-corrected chi connectivity index (χ1v) is 8.44. The van der Waals surface area contributed by atoms with Crippen molar-refractivity contribution in [3.8, 4) is 0 Å². The molecule has 0 spiro atoms. The summed E-state index contributed by atoms with van der Waals surface area (Å²) < 4.78 is 9.89. The van der Waals surface area contributed by atoms with E-state index in [1.165, 1.54) is 11.5 Å². The maximum atomic E-state index is 13.0. The highest BCUT2D eigenvalue weighted by Crippen LogP contribution is 2.41. The second-order valence-corrected chi connectivity index (χ2v) is 7.04. The Hall–Kier alpha value is -1.05. The minimum absolute atomic E-state index is 0.112. The molecule has 0 unspecified atom stereocenters. The number of piperidine rings is 1. The van der Waals surface area contributed by atoms with Gasteiger partial charge < -0.3 is 14.5 Å². The largest absolute Gasteiger partial charge is 0.374 e. The topological polar surface area (TPSA) is 58.6 Å². The third-order valence-corrected chi connectivity index (χ3v) is 5.45. The molecule has 2 saturated heterocycles. The Bertz CT molecular complexity index is 545. The first-order chi connectivity index (χ1) is 10.2. The number of hydrogen-bond donors (Lipinski definition) is 0. The smallest absolute Gasteiger partial charge is 0.267 e. The highest BCUT2D eigenvalue weighted by molar-refractivity contribution is 7.08. The molecular weight excluding hydrogens is 288 g/mol. The summed E-state index contributed by atoms with van der Waals surface area (Å²) >= 11 is 1.25. The van der Waals surface area contributed by atoms with Crippen LogP contribution in [0.2, 0.25) is 0 Å². The highest BCUT2D eigenvalue weighted by atomic mass is 32.1. The molecule has 1 aliphatic carbocycles. The summed E-state index contributed by atoms with van der Waals surface area (Å²) in [6, 6.07) is 0.166. The number of aromatic nitrogens is 2. The molecule has 3 aliphatic rings. The monoisotopic (exact) mass is 308 g/mol. The van der Waals surface area contributed by atoms with E-state index >= 15 is 0 Å². The van der Waals surface area contributed by atoms with E-state index < -0.39 is 0 Å². The van der Waals surface area contributed by atoms with Crippen LogP contribution in [-0.4, -0.2) is 70.7 Å². The number of nitrogens with zero attached hydrogens (tertiary/aromatic N) is 4. The lowest BCUT2D eigenvalue weighted by Crippen LogP contribution is -2.60. The van der Waals surface area contributed by atoms with Crippen molar-refractivity contribution >= 4 is 17.4 Å². The Morgan fingerprint density at radius 3 is 3.00 bits per heavy atom. The molecule has 0 N–H and O–H groups in total. The Balaban J connectivity index is 1.58. The molecule has 0 aromatic carbocycles. The van der Waals surface area contributed by atoms with Gasteiger partial charge in [-0.1, -0.05) is 4.49 Å². The molecule has 3 fully saturated rings. The van der Waals surface area contributed by atoms with Crippen molar-refractivity contribution in [1.82, 2.24) is 19.4 Å². The van der Waals surface area contributed by atoms with Crippen molar-refractivity contribution in [3.63, 3.8) is 0 Å². The van der Waals surface area contributed by atoms with Crippen LogP contribution in [0.5, 0.6) is 0 Å². The molecule has 0 bridgehead atoms. The van der Waals surface area contributed by atoms with Crippen molar-refractivity contribution in [2.45, 2.75) is 37.3 Å². The molecule has 4 rings (SSSR count). The van der Waals surface area contributed by atoms with Gasteiger partial charge in [-0.2, -0.15) is 0 Å². The van der Waals surface area contributed by atoms with Gasteiger partial charge in [0.05, 0.1) is 24.4 Å². The molecule has 3 heterocycles. The Kier molecular flexibility index (Phi) is 3.43. The van der Waals surface area contributed by atoms with Gasteiger partial charge in [0.25, 0.3) is 5.91 Å². The SMILES string of the molecule is CN1CC[C@@H]2OCCN(C(=O)c3snnc3C3CC3)[C@H]2C1. The summed E-state index contributed by atoms with van der Waals surface area (Å²) in [5.41, 5.74) is 0.928. The zero-order chi connectivity index (χ0) is 14.4. The number of rotatable bonds is 2. The normalized spacial score (nSPS) is 30.2. The van der Waals surface area contributed by atoms with E-state index in [9.17, 15) is 4.79 Å². The lowest BCUT2D eigenvalue weighted by atomic mass is 9.98. The van der Waals surface area contributed by atoms with Gasteiger partial charge in [-0.25, -0.2) is 0 Å². The second kappa shape index (κ2) is 5.30. The first kappa shape index (κ1) is 13.6. The van der Waals surface area contributed by atoms with Gasteiger partial charge in [0.1, 0.15) is 4.88 Å². The minimum atomic E-state index is 0.112. The maximum absolute atomic E-state index is 13.0. The van der Waals surface area contributed by atoms with Gasteiger partial charge in [-0.05, 0) is 37.8 Å². The molecule has 21 heavy (non-hydrogen) atoms. The Morgan fingerprint density at radius 2 is 2.19 bits per heavy atom. The number of morpholine rings is 1. The first-order valence-electron chi connectivity index (χ1n) is 7.67. The van der Waals surface area contributed by atoms with Crippen LogP contribution < -0.4 is 0 Å². The summed E-state index contributed by atoms with van der Waals surface area (Å²) in [5, 5.41) is 4.19. The number of ether oxygens (including phenoxy) is 1. The maximum Gasteiger partial charge on any atom is 0.267 e. The summed E-state index contributed by atoms with van der Waals surface area (Å²) in [5.74, 6) is 0.578. The average molecular weight is 308 g/mol. The van der Waals surface area contributed by atoms with Crippen LogP contribution in [0.15, 0.2) is 0 Å². The summed E-state index contributed by atoms with van der Waals surface area (Å²) in [6.07, 6.45) is 3.47. The van der Waals surface area contributed by atoms with Crippen molar-refractivity contribution < 1.29 is 9.53 Å². The van der Waals surface area contributed by atoms with E-state index in [1.807, 2.05) is 4.90 Å². The molecule has 0 radical (unpaired) electrons. The third-order valence-electron chi connectivity index (χ3n) is 4.72. The van der Waals surface area contributed by atoms with E-state index in [2.05, 4.69) is 21.5 Å². The lowest BCUT2D eigenvalue weighted by Gasteiger charge is -2.46. The van der Waals surface area contributed by atoms with Gasteiger partial charge in [-0.15, -0.1) is 5.10 Å². The van der Waals surface area contributed by atoms with Crippen molar-refractivity contribution in [2.75, 3.05) is 33.3 Å². The number of carbonyl (C=O) groups is 1. The fourth-order valence-corrected chi connectivity index (χ4v) is 4.09. The standard InChI is InChI=1S/C14H20N4O2S/c1-17-5-4-11-10(8-17)18(6-7-20-11)14(19)13-12(9-2-3-9)15-16-21-13/h9-11H,2-8H2,1H3/t10-,11-/m0/s1. The summed E-state index contributed by atoms with van der Waals surface area (Å²) in [6.45, 7) is 3.25. The molecule has 6 nitrogen and oxygen atoms in total. The summed E-state index contributed by atoms with van der Waals surface area (Å²) in [4.78, 5) is 18.0. The fraction of sp³-hybridized carbons (Fsp3) is 0.786. The number of carbonyl (C=O) groups excluding carboxylic acids is 1. The van der Waals surface area contributed by atoms with Crippen LogP contribution in [0, 0.1) is 0 Å². The molecule has 114 valence electrons. The predicted octanol–water partition coefficient (Wildman–Crippen LogP) is 0.961. The zero-order valence-electron chi connectivity index (χ0n) is 12.2. The van der Waals surface area contributed by atoms with Gasteiger partial charge in [0, 0.05) is 25.6 Å².